The van der Waals surface area contributed by atoms with Gasteiger partial charge in [0.05, 0.1) is 6.04 Å². The number of H-pyrrole nitrogens is 1. The molecule has 1 aliphatic carbocycles. The molecule has 2 aliphatic heterocycles. The summed E-state index contributed by atoms with van der Waals surface area (Å²) in [5.41, 5.74) is 10.5. The zero-order valence-corrected chi connectivity index (χ0v) is 24.2. The van der Waals surface area contributed by atoms with Crippen LogP contribution in [0.4, 0.5) is 0 Å². The van der Waals surface area contributed by atoms with Gasteiger partial charge in [0.25, 0.3) is 0 Å². The maximum atomic E-state index is 13.0. The van der Waals surface area contributed by atoms with Crippen LogP contribution in [0.15, 0.2) is 54.7 Å². The summed E-state index contributed by atoms with van der Waals surface area (Å²) < 4.78 is 5.96. The van der Waals surface area contributed by atoms with Gasteiger partial charge in [0, 0.05) is 48.7 Å². The second-order valence-corrected chi connectivity index (χ2v) is 12.8. The zero-order valence-electron chi connectivity index (χ0n) is 24.2. The van der Waals surface area contributed by atoms with Gasteiger partial charge in [0.2, 0.25) is 11.8 Å². The molecule has 0 spiro atoms. The van der Waals surface area contributed by atoms with Gasteiger partial charge >= 0.3 is 0 Å². The van der Waals surface area contributed by atoms with Gasteiger partial charge in [-0.2, -0.15) is 0 Å². The minimum absolute atomic E-state index is 0.0136. The number of rotatable bonds is 7. The second kappa shape index (κ2) is 11.4. The number of carbonyl (C=O) groups is 2. The normalized spacial score (nSPS) is 23.4. The molecule has 6 rings (SSSR count). The number of hydrogen-bond donors (Lipinski definition) is 3. The van der Waals surface area contributed by atoms with E-state index >= 15 is 0 Å². The Balaban J connectivity index is 0.995. The Labute approximate surface area is 242 Å². The molecule has 3 aliphatic rings. The minimum atomic E-state index is -0.352. The smallest absolute Gasteiger partial charge is 0.246 e. The van der Waals surface area contributed by atoms with Crippen molar-refractivity contribution in [2.75, 3.05) is 13.1 Å². The maximum absolute atomic E-state index is 13.0. The van der Waals surface area contributed by atoms with Crippen LogP contribution in [-0.2, 0) is 16.0 Å². The lowest BCUT2D eigenvalue weighted by Crippen LogP contribution is -2.54. The number of nitrogens with two attached hydrogens (primary N) is 1. The highest BCUT2D eigenvalue weighted by Crippen LogP contribution is 2.37. The molecule has 0 radical (unpaired) electrons. The average molecular weight is 555 g/mol. The lowest BCUT2D eigenvalue weighted by atomic mass is 9.80. The largest absolute Gasteiger partial charge is 0.487 e. The van der Waals surface area contributed by atoms with Gasteiger partial charge in [-0.1, -0.05) is 24.3 Å². The van der Waals surface area contributed by atoms with E-state index in [2.05, 4.69) is 60.7 Å². The van der Waals surface area contributed by atoms with Gasteiger partial charge in [-0.3, -0.25) is 9.59 Å². The standard InChI is InChI=1S/C34H42N4O3/c1-34(2)20-25-19-22(7-13-30(25)41-34)8-14-31(39)38-17-15-24(16-18-38)32(33(35)40)37-26-11-9-23(10-12-26)28-21-36-29-6-4-3-5-27(28)29/h3-8,13-14,19,21,23-24,26,32,36-37H,9-12,15-18,20H2,1-2H3,(H2,35,40). The van der Waals surface area contributed by atoms with Crippen molar-refractivity contribution in [2.24, 2.45) is 11.7 Å². The van der Waals surface area contributed by atoms with Gasteiger partial charge in [-0.05, 0) is 105 Å². The summed E-state index contributed by atoms with van der Waals surface area (Å²) >= 11 is 0. The minimum Gasteiger partial charge on any atom is -0.487 e. The number of ether oxygens (including phenoxy) is 1. The molecule has 1 saturated heterocycles. The van der Waals surface area contributed by atoms with E-state index in [1.54, 1.807) is 6.08 Å². The van der Waals surface area contributed by atoms with Crippen molar-refractivity contribution in [2.45, 2.75) is 82.4 Å². The molecule has 2 amide bonds. The van der Waals surface area contributed by atoms with Gasteiger partial charge in [0.15, 0.2) is 0 Å². The van der Waals surface area contributed by atoms with E-state index in [0.717, 1.165) is 56.3 Å². The molecule has 1 atom stereocenters. The molecule has 3 aromatic rings. The summed E-state index contributed by atoms with van der Waals surface area (Å²) in [5, 5.41) is 4.96. The Bertz CT molecular complexity index is 1440. The fourth-order valence-electron chi connectivity index (χ4n) is 7.17. The first kappa shape index (κ1) is 27.6. The Kier molecular flexibility index (Phi) is 7.64. The first-order chi connectivity index (χ1) is 19.8. The summed E-state index contributed by atoms with van der Waals surface area (Å²) in [6, 6.07) is 14.5. The molecule has 41 heavy (non-hydrogen) atoms. The lowest BCUT2D eigenvalue weighted by molar-refractivity contribution is -0.128. The van der Waals surface area contributed by atoms with Crippen LogP contribution in [-0.4, -0.2) is 52.5 Å². The van der Waals surface area contributed by atoms with Crippen molar-refractivity contribution in [3.8, 4) is 5.75 Å². The number of primary amides is 1. The summed E-state index contributed by atoms with van der Waals surface area (Å²) in [5.74, 6) is 1.35. The molecule has 1 aromatic heterocycles. The van der Waals surface area contributed by atoms with Crippen LogP contribution in [0.2, 0.25) is 0 Å². The predicted octanol–water partition coefficient (Wildman–Crippen LogP) is 5.30. The second-order valence-electron chi connectivity index (χ2n) is 12.8. The fraction of sp³-hybridized carbons (Fsp3) is 0.471. The molecule has 0 bridgehead atoms. The van der Waals surface area contributed by atoms with Gasteiger partial charge < -0.3 is 25.7 Å². The van der Waals surface area contributed by atoms with E-state index in [0.29, 0.717) is 25.0 Å². The maximum Gasteiger partial charge on any atom is 0.246 e. The Morgan fingerprint density at radius 3 is 2.59 bits per heavy atom. The highest BCUT2D eigenvalue weighted by Gasteiger charge is 2.34. The SMILES string of the molecule is CC1(C)Cc2cc(C=CC(=O)N3CCC(C(NC4CCC(c5c[nH]c6ccccc56)CC4)C(N)=O)CC3)ccc2O1. The van der Waals surface area contributed by atoms with Crippen LogP contribution in [0.5, 0.6) is 5.75 Å². The van der Waals surface area contributed by atoms with Crippen molar-refractivity contribution in [3.05, 3.63) is 71.4 Å². The molecule has 1 unspecified atom stereocenters. The number of para-hydroxylation sites is 1. The van der Waals surface area contributed by atoms with E-state index in [9.17, 15) is 9.59 Å². The van der Waals surface area contributed by atoms with E-state index in [4.69, 9.17) is 10.5 Å². The predicted molar refractivity (Wildman–Crippen MR) is 163 cm³/mol. The van der Waals surface area contributed by atoms with Crippen molar-refractivity contribution in [1.29, 1.82) is 0 Å². The molecular formula is C34H42N4O3. The van der Waals surface area contributed by atoms with E-state index < -0.39 is 0 Å². The Morgan fingerprint density at radius 2 is 1.83 bits per heavy atom. The number of carbonyl (C=O) groups excluding carboxylic acids is 2. The highest BCUT2D eigenvalue weighted by molar-refractivity contribution is 5.92. The molecular weight excluding hydrogens is 512 g/mol. The molecule has 2 aromatic carbocycles. The summed E-state index contributed by atoms with van der Waals surface area (Å²) in [7, 11) is 0. The van der Waals surface area contributed by atoms with Crippen LogP contribution in [0, 0.1) is 5.92 Å². The van der Waals surface area contributed by atoms with Crippen LogP contribution >= 0.6 is 0 Å². The van der Waals surface area contributed by atoms with Crippen molar-refractivity contribution < 1.29 is 14.3 Å². The number of nitrogens with zero attached hydrogens (tertiary/aromatic N) is 1. The third-order valence-corrected chi connectivity index (χ3v) is 9.34. The number of nitrogens with one attached hydrogen (secondary N) is 2. The van der Waals surface area contributed by atoms with E-state index in [-0.39, 0.29) is 29.4 Å². The van der Waals surface area contributed by atoms with Crippen LogP contribution in [0.25, 0.3) is 17.0 Å². The third-order valence-electron chi connectivity index (χ3n) is 9.34. The van der Waals surface area contributed by atoms with Crippen LogP contribution < -0.4 is 15.8 Å². The molecule has 2 fully saturated rings. The Hall–Kier alpha value is -3.58. The topological polar surface area (TPSA) is 100 Å². The number of hydrogen-bond acceptors (Lipinski definition) is 4. The highest BCUT2D eigenvalue weighted by atomic mass is 16.5. The zero-order chi connectivity index (χ0) is 28.6. The summed E-state index contributed by atoms with van der Waals surface area (Å²) in [6.45, 7) is 5.45. The lowest BCUT2D eigenvalue weighted by Gasteiger charge is -2.38. The van der Waals surface area contributed by atoms with Gasteiger partial charge in [-0.25, -0.2) is 0 Å². The van der Waals surface area contributed by atoms with Crippen LogP contribution in [0.1, 0.15) is 75.0 Å². The number of likely N-dealkylation sites (tertiary alicyclic amines) is 1. The van der Waals surface area contributed by atoms with Gasteiger partial charge in [-0.15, -0.1) is 0 Å². The first-order valence-corrected chi connectivity index (χ1v) is 15.2. The van der Waals surface area contributed by atoms with E-state index in [1.165, 1.54) is 22.0 Å². The monoisotopic (exact) mass is 554 g/mol. The van der Waals surface area contributed by atoms with Crippen molar-refractivity contribution in [3.63, 3.8) is 0 Å². The summed E-state index contributed by atoms with van der Waals surface area (Å²) in [4.78, 5) is 30.8. The Morgan fingerprint density at radius 1 is 1.07 bits per heavy atom. The number of amides is 2. The number of piperidine rings is 1. The molecule has 216 valence electrons. The number of aromatic amines is 1. The molecule has 4 N–H and O–H groups in total. The fourth-order valence-corrected chi connectivity index (χ4v) is 7.17. The van der Waals surface area contributed by atoms with E-state index in [1.807, 2.05) is 23.1 Å². The number of fused-ring (bicyclic) bond motifs is 2. The molecule has 7 heteroatoms. The number of aromatic nitrogens is 1. The number of benzene rings is 2. The van der Waals surface area contributed by atoms with Crippen molar-refractivity contribution >= 4 is 28.8 Å². The van der Waals surface area contributed by atoms with Crippen LogP contribution in [0.3, 0.4) is 0 Å². The quantitative estimate of drug-likeness (QED) is 0.345. The molecule has 7 nitrogen and oxygen atoms in total. The van der Waals surface area contributed by atoms with Crippen molar-refractivity contribution in [1.82, 2.24) is 15.2 Å². The summed E-state index contributed by atoms with van der Waals surface area (Å²) in [6.07, 6.45) is 12.4. The average Bonchev–Trinajstić information content (AvgIpc) is 3.54. The third kappa shape index (κ3) is 6.05. The molecule has 1 saturated carbocycles. The first-order valence-electron chi connectivity index (χ1n) is 15.2. The van der Waals surface area contributed by atoms with Gasteiger partial charge in [0.1, 0.15) is 11.4 Å². The molecule has 3 heterocycles.